The lowest BCUT2D eigenvalue weighted by Gasteiger charge is -2.23. The zero-order valence-electron chi connectivity index (χ0n) is 12.6. The SMILES string of the molecule is CCNCc1cc(N(CC)Cc2ccccc2)ncc1Cl. The van der Waals surface area contributed by atoms with E-state index in [0.29, 0.717) is 0 Å². The molecule has 0 aliphatic heterocycles. The van der Waals surface area contributed by atoms with Crippen LogP contribution in [0.3, 0.4) is 0 Å². The third-order valence-corrected chi connectivity index (χ3v) is 3.75. The van der Waals surface area contributed by atoms with Crippen LogP contribution in [0.2, 0.25) is 5.02 Å². The molecule has 1 aromatic heterocycles. The maximum atomic E-state index is 6.22. The molecule has 112 valence electrons. The first-order valence-corrected chi connectivity index (χ1v) is 7.76. The number of nitrogens with zero attached hydrogens (tertiary/aromatic N) is 2. The summed E-state index contributed by atoms with van der Waals surface area (Å²) in [6.45, 7) is 7.69. The molecule has 1 N–H and O–H groups in total. The normalized spacial score (nSPS) is 10.6. The van der Waals surface area contributed by atoms with Gasteiger partial charge in [-0.25, -0.2) is 4.98 Å². The first-order valence-electron chi connectivity index (χ1n) is 7.38. The summed E-state index contributed by atoms with van der Waals surface area (Å²) in [5, 5.41) is 4.03. The third kappa shape index (κ3) is 4.45. The van der Waals surface area contributed by atoms with Crippen LogP contribution >= 0.6 is 11.6 Å². The molecular weight excluding hydrogens is 282 g/mol. The lowest BCUT2D eigenvalue weighted by Crippen LogP contribution is -2.23. The molecule has 0 saturated heterocycles. The summed E-state index contributed by atoms with van der Waals surface area (Å²) in [6.07, 6.45) is 1.75. The quantitative estimate of drug-likeness (QED) is 0.841. The van der Waals surface area contributed by atoms with Gasteiger partial charge in [0.2, 0.25) is 0 Å². The van der Waals surface area contributed by atoms with Gasteiger partial charge in [-0.15, -0.1) is 0 Å². The molecule has 3 nitrogen and oxygen atoms in total. The molecule has 0 fully saturated rings. The summed E-state index contributed by atoms with van der Waals surface area (Å²) >= 11 is 6.22. The highest BCUT2D eigenvalue weighted by Gasteiger charge is 2.09. The number of halogens is 1. The number of nitrogens with one attached hydrogen (secondary N) is 1. The van der Waals surface area contributed by atoms with Gasteiger partial charge < -0.3 is 10.2 Å². The lowest BCUT2D eigenvalue weighted by molar-refractivity contribution is 0.724. The Hall–Kier alpha value is -1.58. The van der Waals surface area contributed by atoms with Crippen LogP contribution in [0.4, 0.5) is 5.82 Å². The lowest BCUT2D eigenvalue weighted by atomic mass is 10.2. The van der Waals surface area contributed by atoms with E-state index in [1.807, 2.05) is 6.07 Å². The second-order valence-electron chi connectivity index (χ2n) is 4.91. The van der Waals surface area contributed by atoms with Gasteiger partial charge in [0.15, 0.2) is 0 Å². The van der Waals surface area contributed by atoms with E-state index in [1.165, 1.54) is 5.56 Å². The van der Waals surface area contributed by atoms with Crippen LogP contribution in [0.1, 0.15) is 25.0 Å². The molecule has 1 aromatic carbocycles. The number of pyridine rings is 1. The highest BCUT2D eigenvalue weighted by atomic mass is 35.5. The minimum Gasteiger partial charge on any atom is -0.353 e. The first kappa shape index (κ1) is 15.8. The van der Waals surface area contributed by atoms with Crippen LogP contribution in [0, 0.1) is 0 Å². The average Bonchev–Trinajstić information content (AvgIpc) is 2.53. The second-order valence-corrected chi connectivity index (χ2v) is 5.32. The molecule has 0 aliphatic carbocycles. The highest BCUT2D eigenvalue weighted by Crippen LogP contribution is 2.21. The van der Waals surface area contributed by atoms with Crippen molar-refractivity contribution in [1.82, 2.24) is 10.3 Å². The van der Waals surface area contributed by atoms with Gasteiger partial charge in [0.25, 0.3) is 0 Å². The van der Waals surface area contributed by atoms with Crippen LogP contribution in [0.5, 0.6) is 0 Å². The molecule has 0 radical (unpaired) electrons. The van der Waals surface area contributed by atoms with Gasteiger partial charge in [0.1, 0.15) is 5.82 Å². The predicted octanol–water partition coefficient (Wildman–Crippen LogP) is 3.87. The number of hydrogen-bond acceptors (Lipinski definition) is 3. The standard InChI is InChI=1S/C17H22ClN3/c1-3-19-11-15-10-17(20-12-16(15)18)21(4-2)13-14-8-6-5-7-9-14/h5-10,12,19H,3-4,11,13H2,1-2H3. The Morgan fingerprint density at radius 1 is 1.19 bits per heavy atom. The maximum absolute atomic E-state index is 6.22. The van der Waals surface area contributed by atoms with Gasteiger partial charge in [0.05, 0.1) is 5.02 Å². The van der Waals surface area contributed by atoms with Crippen LogP contribution in [-0.2, 0) is 13.1 Å². The van der Waals surface area contributed by atoms with Crippen LogP contribution in [-0.4, -0.2) is 18.1 Å². The fraction of sp³-hybridized carbons (Fsp3) is 0.353. The van der Waals surface area contributed by atoms with Crippen molar-refractivity contribution in [1.29, 1.82) is 0 Å². The third-order valence-electron chi connectivity index (χ3n) is 3.41. The largest absolute Gasteiger partial charge is 0.353 e. The molecule has 0 aliphatic rings. The monoisotopic (exact) mass is 303 g/mol. The van der Waals surface area contributed by atoms with E-state index in [4.69, 9.17) is 11.6 Å². The van der Waals surface area contributed by atoms with E-state index < -0.39 is 0 Å². The number of rotatable bonds is 7. The number of anilines is 1. The number of aromatic nitrogens is 1. The van der Waals surface area contributed by atoms with Crippen LogP contribution in [0.25, 0.3) is 0 Å². The van der Waals surface area contributed by atoms with Gasteiger partial charge in [0, 0.05) is 25.8 Å². The first-order chi connectivity index (χ1) is 10.2. The zero-order chi connectivity index (χ0) is 15.1. The van der Waals surface area contributed by atoms with Crippen molar-refractivity contribution >= 4 is 17.4 Å². The Morgan fingerprint density at radius 3 is 2.62 bits per heavy atom. The Bertz CT molecular complexity index is 557. The molecule has 0 saturated carbocycles. The van der Waals surface area contributed by atoms with Gasteiger partial charge in [-0.1, -0.05) is 48.9 Å². The number of hydrogen-bond donors (Lipinski definition) is 1. The van der Waals surface area contributed by atoms with E-state index in [2.05, 4.69) is 59.4 Å². The fourth-order valence-corrected chi connectivity index (χ4v) is 2.36. The van der Waals surface area contributed by atoms with Crippen LogP contribution < -0.4 is 10.2 Å². The van der Waals surface area contributed by atoms with Crippen molar-refractivity contribution in [3.05, 3.63) is 58.7 Å². The molecule has 21 heavy (non-hydrogen) atoms. The Kier molecular flexibility index (Phi) is 6.03. The molecule has 0 spiro atoms. The van der Waals surface area contributed by atoms with Crippen molar-refractivity contribution in [3.8, 4) is 0 Å². The molecule has 2 rings (SSSR count). The average molecular weight is 304 g/mol. The van der Waals surface area contributed by atoms with Crippen molar-refractivity contribution in [3.63, 3.8) is 0 Å². The van der Waals surface area contributed by atoms with E-state index in [0.717, 1.165) is 42.6 Å². The highest BCUT2D eigenvalue weighted by molar-refractivity contribution is 6.31. The predicted molar refractivity (Wildman–Crippen MR) is 89.8 cm³/mol. The minimum atomic E-state index is 0.718. The summed E-state index contributed by atoms with van der Waals surface area (Å²) in [5.74, 6) is 0.971. The Balaban J connectivity index is 2.17. The second kappa shape index (κ2) is 8.01. The van der Waals surface area contributed by atoms with E-state index in [1.54, 1.807) is 6.20 Å². The molecule has 0 bridgehead atoms. The molecule has 0 unspecified atom stereocenters. The van der Waals surface area contributed by atoms with Crippen molar-refractivity contribution in [2.24, 2.45) is 0 Å². The topological polar surface area (TPSA) is 28.2 Å². The van der Waals surface area contributed by atoms with Crippen molar-refractivity contribution < 1.29 is 0 Å². The van der Waals surface area contributed by atoms with E-state index in [-0.39, 0.29) is 0 Å². The fourth-order valence-electron chi connectivity index (χ4n) is 2.19. The summed E-state index contributed by atoms with van der Waals surface area (Å²) in [4.78, 5) is 6.73. The minimum absolute atomic E-state index is 0.718. The van der Waals surface area contributed by atoms with Crippen LogP contribution in [0.15, 0.2) is 42.6 Å². The van der Waals surface area contributed by atoms with Gasteiger partial charge in [-0.05, 0) is 30.7 Å². The summed E-state index contributed by atoms with van der Waals surface area (Å²) in [6, 6.07) is 12.5. The molecular formula is C17H22ClN3. The molecule has 2 aromatic rings. The van der Waals surface area contributed by atoms with Crippen molar-refractivity contribution in [2.75, 3.05) is 18.0 Å². The molecule has 0 amide bonds. The smallest absolute Gasteiger partial charge is 0.129 e. The van der Waals surface area contributed by atoms with E-state index >= 15 is 0 Å². The Labute approximate surface area is 132 Å². The Morgan fingerprint density at radius 2 is 1.95 bits per heavy atom. The maximum Gasteiger partial charge on any atom is 0.129 e. The summed E-state index contributed by atoms with van der Waals surface area (Å²) in [7, 11) is 0. The molecule has 0 atom stereocenters. The van der Waals surface area contributed by atoms with E-state index in [9.17, 15) is 0 Å². The van der Waals surface area contributed by atoms with Gasteiger partial charge >= 0.3 is 0 Å². The van der Waals surface area contributed by atoms with Crippen molar-refractivity contribution in [2.45, 2.75) is 26.9 Å². The molecule has 1 heterocycles. The molecule has 4 heteroatoms. The van der Waals surface area contributed by atoms with Gasteiger partial charge in [-0.2, -0.15) is 0 Å². The number of benzene rings is 1. The zero-order valence-corrected chi connectivity index (χ0v) is 13.4. The van der Waals surface area contributed by atoms with Gasteiger partial charge in [-0.3, -0.25) is 0 Å². The summed E-state index contributed by atoms with van der Waals surface area (Å²) < 4.78 is 0. The summed E-state index contributed by atoms with van der Waals surface area (Å²) in [5.41, 5.74) is 2.37.